The fraction of sp³-hybridized carbons (Fsp3) is 0.588. The molecule has 0 radical (unpaired) electrons. The van der Waals surface area contributed by atoms with Gasteiger partial charge in [0, 0.05) is 18.4 Å². The molecule has 0 aliphatic carbocycles. The Balaban J connectivity index is 1.74. The number of hydrogen-bond acceptors (Lipinski definition) is 5. The van der Waals surface area contributed by atoms with Gasteiger partial charge in [-0.3, -0.25) is 4.40 Å². The molecule has 0 saturated carbocycles. The van der Waals surface area contributed by atoms with Gasteiger partial charge in [0.25, 0.3) is 5.88 Å². The Morgan fingerprint density at radius 1 is 1.32 bits per heavy atom. The van der Waals surface area contributed by atoms with Crippen LogP contribution in [0.4, 0.5) is 4.79 Å². The first-order valence-electron chi connectivity index (χ1n) is 8.38. The minimum Gasteiger partial charge on any atom is -0.470 e. The van der Waals surface area contributed by atoms with Crippen molar-refractivity contribution in [1.82, 2.24) is 19.3 Å². The number of rotatable bonds is 2. The normalized spacial score (nSPS) is 21.4. The van der Waals surface area contributed by atoms with Gasteiger partial charge in [-0.25, -0.2) is 14.8 Å². The van der Waals surface area contributed by atoms with Crippen molar-refractivity contribution < 1.29 is 14.3 Å². The molecule has 0 aromatic carbocycles. The lowest BCUT2D eigenvalue weighted by Gasteiger charge is -2.38. The Labute approximate surface area is 151 Å². The van der Waals surface area contributed by atoms with E-state index >= 15 is 0 Å². The van der Waals surface area contributed by atoms with E-state index < -0.39 is 5.60 Å². The summed E-state index contributed by atoms with van der Waals surface area (Å²) in [5.74, 6) is 0.415. The molecule has 1 amide bonds. The molecule has 3 heterocycles. The second kappa shape index (κ2) is 6.71. The second-order valence-corrected chi connectivity index (χ2v) is 7.69. The number of ether oxygens (including phenoxy) is 2. The van der Waals surface area contributed by atoms with Crippen molar-refractivity contribution in [2.24, 2.45) is 0 Å². The van der Waals surface area contributed by atoms with E-state index in [2.05, 4.69) is 9.97 Å². The van der Waals surface area contributed by atoms with Crippen molar-refractivity contribution in [3.05, 3.63) is 23.7 Å². The number of carbonyl (C=O) groups excluding carboxylic acids is 1. The molecule has 1 saturated heterocycles. The van der Waals surface area contributed by atoms with Crippen LogP contribution in [0.1, 0.15) is 40.5 Å². The number of nitrogens with zero attached hydrogens (tertiary/aromatic N) is 4. The van der Waals surface area contributed by atoms with E-state index in [0.29, 0.717) is 23.2 Å². The van der Waals surface area contributed by atoms with Crippen LogP contribution < -0.4 is 4.74 Å². The Hall–Kier alpha value is -2.02. The fourth-order valence-electron chi connectivity index (χ4n) is 2.85. The molecule has 136 valence electrons. The van der Waals surface area contributed by atoms with Crippen molar-refractivity contribution in [1.29, 1.82) is 0 Å². The quantitative estimate of drug-likeness (QED) is 0.812. The molecule has 0 N–H and O–H groups in total. The van der Waals surface area contributed by atoms with E-state index in [1.54, 1.807) is 27.9 Å². The molecule has 3 rings (SSSR count). The summed E-state index contributed by atoms with van der Waals surface area (Å²) in [5, 5.41) is 0.495. The largest absolute Gasteiger partial charge is 0.470 e. The van der Waals surface area contributed by atoms with Gasteiger partial charge in [-0.1, -0.05) is 11.6 Å². The fourth-order valence-corrected chi connectivity index (χ4v) is 3.04. The van der Waals surface area contributed by atoms with Crippen LogP contribution in [0.5, 0.6) is 5.88 Å². The minimum atomic E-state index is -0.523. The van der Waals surface area contributed by atoms with Crippen LogP contribution in [0, 0.1) is 0 Å². The summed E-state index contributed by atoms with van der Waals surface area (Å²) in [5.41, 5.74) is 0.0413. The average Bonchev–Trinajstić information content (AvgIpc) is 2.90. The first-order chi connectivity index (χ1) is 11.7. The number of imidazole rings is 1. The Bertz CT molecular complexity index is 771. The highest BCUT2D eigenvalue weighted by Gasteiger charge is 2.33. The summed E-state index contributed by atoms with van der Waals surface area (Å²) in [7, 11) is 0. The third kappa shape index (κ3) is 3.98. The number of amides is 1. The molecular formula is C17H23ClN4O3. The van der Waals surface area contributed by atoms with Gasteiger partial charge >= 0.3 is 6.09 Å². The topological polar surface area (TPSA) is 69.0 Å². The smallest absolute Gasteiger partial charge is 0.410 e. The molecule has 1 aliphatic heterocycles. The minimum absolute atomic E-state index is 0.110. The van der Waals surface area contributed by atoms with Crippen LogP contribution >= 0.6 is 11.6 Å². The van der Waals surface area contributed by atoms with E-state index in [1.807, 2.05) is 27.7 Å². The number of aromatic nitrogens is 3. The lowest BCUT2D eigenvalue weighted by atomic mass is 10.0. The number of carbonyl (C=O) groups is 1. The molecule has 25 heavy (non-hydrogen) atoms. The molecule has 7 nitrogen and oxygen atoms in total. The van der Waals surface area contributed by atoms with Gasteiger partial charge < -0.3 is 14.4 Å². The Kier molecular flexibility index (Phi) is 4.77. The maximum atomic E-state index is 12.4. The number of piperidine rings is 1. The van der Waals surface area contributed by atoms with E-state index in [4.69, 9.17) is 21.1 Å². The summed E-state index contributed by atoms with van der Waals surface area (Å²) in [6, 6.07) is 0.110. The summed E-state index contributed by atoms with van der Waals surface area (Å²) >= 11 is 6.08. The van der Waals surface area contributed by atoms with Gasteiger partial charge in [0.05, 0.1) is 12.7 Å². The highest BCUT2D eigenvalue weighted by molar-refractivity contribution is 6.29. The number of fused-ring (bicyclic) bond motifs is 1. The highest BCUT2D eigenvalue weighted by atomic mass is 35.5. The van der Waals surface area contributed by atoms with Crippen LogP contribution in [-0.4, -0.2) is 49.7 Å². The van der Waals surface area contributed by atoms with Crippen LogP contribution in [0.2, 0.25) is 5.15 Å². The maximum absolute atomic E-state index is 12.4. The van der Waals surface area contributed by atoms with Gasteiger partial charge in [-0.2, -0.15) is 0 Å². The van der Waals surface area contributed by atoms with Crippen LogP contribution in [0.25, 0.3) is 5.65 Å². The Morgan fingerprint density at radius 2 is 2.08 bits per heavy atom. The van der Waals surface area contributed by atoms with Gasteiger partial charge in [-0.15, -0.1) is 0 Å². The van der Waals surface area contributed by atoms with E-state index in [9.17, 15) is 4.79 Å². The van der Waals surface area contributed by atoms with Crippen molar-refractivity contribution in [2.45, 2.75) is 58.3 Å². The molecule has 1 fully saturated rings. The summed E-state index contributed by atoms with van der Waals surface area (Å²) in [4.78, 5) is 22.7. The molecular weight excluding hydrogens is 344 g/mol. The summed E-state index contributed by atoms with van der Waals surface area (Å²) in [6.45, 7) is 8.06. The molecule has 2 unspecified atom stereocenters. The lowest BCUT2D eigenvalue weighted by Crippen LogP contribution is -2.50. The van der Waals surface area contributed by atoms with Crippen molar-refractivity contribution >= 4 is 23.3 Å². The highest BCUT2D eigenvalue weighted by Crippen LogP contribution is 2.25. The third-order valence-corrected chi connectivity index (χ3v) is 4.38. The SMILES string of the molecule is CC1CCC(Oc2nccn3c(Cl)cnc23)CN1C(=O)OC(C)(C)C. The molecule has 2 aromatic rings. The van der Waals surface area contributed by atoms with Crippen molar-refractivity contribution in [3.8, 4) is 5.88 Å². The van der Waals surface area contributed by atoms with Gasteiger partial charge in [0.1, 0.15) is 16.9 Å². The predicted molar refractivity (Wildman–Crippen MR) is 94.0 cm³/mol. The number of halogens is 1. The van der Waals surface area contributed by atoms with Gasteiger partial charge in [0.15, 0.2) is 0 Å². The molecule has 1 aliphatic rings. The zero-order chi connectivity index (χ0) is 18.2. The van der Waals surface area contributed by atoms with E-state index in [0.717, 1.165) is 12.8 Å². The van der Waals surface area contributed by atoms with Crippen LogP contribution in [0.15, 0.2) is 18.6 Å². The molecule has 2 aromatic heterocycles. The van der Waals surface area contributed by atoms with Crippen molar-refractivity contribution in [3.63, 3.8) is 0 Å². The number of hydrogen-bond donors (Lipinski definition) is 0. The van der Waals surface area contributed by atoms with Gasteiger partial charge in [-0.05, 0) is 40.5 Å². The van der Waals surface area contributed by atoms with Crippen LogP contribution in [0.3, 0.4) is 0 Å². The first-order valence-corrected chi connectivity index (χ1v) is 8.76. The predicted octanol–water partition coefficient (Wildman–Crippen LogP) is 3.55. The molecule has 0 bridgehead atoms. The van der Waals surface area contributed by atoms with E-state index in [1.165, 1.54) is 0 Å². The van der Waals surface area contributed by atoms with Gasteiger partial charge in [0.2, 0.25) is 5.65 Å². The molecule has 0 spiro atoms. The molecule has 8 heteroatoms. The van der Waals surface area contributed by atoms with Crippen molar-refractivity contribution in [2.75, 3.05) is 6.54 Å². The third-order valence-electron chi connectivity index (χ3n) is 4.10. The first kappa shape index (κ1) is 17.8. The average molecular weight is 367 g/mol. The second-order valence-electron chi connectivity index (χ2n) is 7.31. The zero-order valence-electron chi connectivity index (χ0n) is 14.9. The number of likely N-dealkylation sites (tertiary alicyclic amines) is 1. The Morgan fingerprint density at radius 3 is 2.80 bits per heavy atom. The monoisotopic (exact) mass is 366 g/mol. The van der Waals surface area contributed by atoms with Crippen LogP contribution in [-0.2, 0) is 4.74 Å². The summed E-state index contributed by atoms with van der Waals surface area (Å²) < 4.78 is 13.2. The maximum Gasteiger partial charge on any atom is 0.410 e. The zero-order valence-corrected chi connectivity index (χ0v) is 15.7. The standard InChI is InChI=1S/C17H23ClN4O3/c1-11-5-6-12(10-22(11)16(23)25-17(2,3)4)24-15-14-20-9-13(18)21(14)8-7-19-15/h7-9,11-12H,5-6,10H2,1-4H3. The summed E-state index contributed by atoms with van der Waals surface area (Å²) in [6.07, 6.45) is 6.09. The molecule has 2 atom stereocenters. The lowest BCUT2D eigenvalue weighted by molar-refractivity contribution is -0.00581. The van der Waals surface area contributed by atoms with E-state index in [-0.39, 0.29) is 18.2 Å².